The number of benzene rings is 1. The van der Waals surface area contributed by atoms with Crippen molar-refractivity contribution in [3.63, 3.8) is 0 Å². The van der Waals surface area contributed by atoms with Crippen LogP contribution in [-0.4, -0.2) is 26.8 Å². The minimum absolute atomic E-state index is 0.313. The van der Waals surface area contributed by atoms with Gasteiger partial charge in [0.15, 0.2) is 11.5 Å². The molecule has 0 heterocycles. The number of hydrogen-bond donors (Lipinski definition) is 2. The Morgan fingerprint density at radius 2 is 1.94 bits per heavy atom. The van der Waals surface area contributed by atoms with E-state index in [2.05, 4.69) is 12.2 Å². The summed E-state index contributed by atoms with van der Waals surface area (Å²) in [6.45, 7) is 3.47. The van der Waals surface area contributed by atoms with E-state index in [0.717, 1.165) is 23.6 Å². The van der Waals surface area contributed by atoms with Gasteiger partial charge in [0.05, 0.1) is 14.2 Å². The number of ether oxygens (including phenoxy) is 2. The lowest BCUT2D eigenvalue weighted by atomic mass is 10.2. The molecule has 0 saturated carbocycles. The zero-order valence-electron chi connectivity index (χ0n) is 10.1. The quantitative estimate of drug-likeness (QED) is 0.761. The summed E-state index contributed by atoms with van der Waals surface area (Å²) in [4.78, 5) is 0. The number of nitrogens with two attached hydrogens (primary N) is 1. The van der Waals surface area contributed by atoms with E-state index < -0.39 is 0 Å². The molecule has 0 unspecified atom stereocenters. The Morgan fingerprint density at radius 3 is 2.50 bits per heavy atom. The van der Waals surface area contributed by atoms with Crippen LogP contribution < -0.4 is 20.5 Å². The van der Waals surface area contributed by atoms with Gasteiger partial charge in [-0.2, -0.15) is 0 Å². The molecular formula is C12H20N2O2. The highest BCUT2D eigenvalue weighted by atomic mass is 16.5. The van der Waals surface area contributed by atoms with Crippen LogP contribution in [0.1, 0.15) is 12.5 Å². The predicted molar refractivity (Wildman–Crippen MR) is 64.9 cm³/mol. The molecule has 0 aliphatic rings. The Labute approximate surface area is 96.7 Å². The molecule has 0 aromatic heterocycles. The van der Waals surface area contributed by atoms with E-state index in [9.17, 15) is 0 Å². The molecular weight excluding hydrogens is 204 g/mol. The molecule has 16 heavy (non-hydrogen) atoms. The van der Waals surface area contributed by atoms with Crippen LogP contribution in [0.15, 0.2) is 18.2 Å². The van der Waals surface area contributed by atoms with Crippen LogP contribution in [-0.2, 0) is 6.54 Å². The van der Waals surface area contributed by atoms with E-state index in [1.807, 2.05) is 18.2 Å². The van der Waals surface area contributed by atoms with Crippen molar-refractivity contribution < 1.29 is 9.47 Å². The van der Waals surface area contributed by atoms with Gasteiger partial charge in [0.25, 0.3) is 0 Å². The van der Waals surface area contributed by atoms with Gasteiger partial charge < -0.3 is 20.5 Å². The van der Waals surface area contributed by atoms with Crippen LogP contribution in [0.4, 0.5) is 0 Å². The highest BCUT2D eigenvalue weighted by molar-refractivity contribution is 5.42. The van der Waals surface area contributed by atoms with Crippen molar-refractivity contribution in [2.24, 2.45) is 5.73 Å². The second-order valence-corrected chi connectivity index (χ2v) is 3.71. The van der Waals surface area contributed by atoms with Crippen molar-refractivity contribution in [3.8, 4) is 11.5 Å². The Kier molecular flexibility index (Phi) is 5.08. The molecule has 4 heteroatoms. The summed E-state index contributed by atoms with van der Waals surface area (Å²) in [5.41, 5.74) is 6.68. The van der Waals surface area contributed by atoms with Gasteiger partial charge in [-0.15, -0.1) is 0 Å². The standard InChI is InChI=1S/C12H20N2O2/c1-9(7-13)14-8-10-4-5-11(15-2)12(6-10)16-3/h4-6,9,14H,7-8,13H2,1-3H3/t9-/m1/s1. The van der Waals surface area contributed by atoms with Crippen molar-refractivity contribution in [1.82, 2.24) is 5.32 Å². The molecule has 0 fully saturated rings. The number of rotatable bonds is 6. The molecule has 0 spiro atoms. The van der Waals surface area contributed by atoms with Crippen molar-refractivity contribution >= 4 is 0 Å². The molecule has 4 nitrogen and oxygen atoms in total. The molecule has 0 aliphatic carbocycles. The third-order valence-corrected chi connectivity index (χ3v) is 2.46. The van der Waals surface area contributed by atoms with Crippen molar-refractivity contribution in [2.45, 2.75) is 19.5 Å². The fourth-order valence-electron chi connectivity index (χ4n) is 1.37. The van der Waals surface area contributed by atoms with Crippen molar-refractivity contribution in [2.75, 3.05) is 20.8 Å². The molecule has 0 saturated heterocycles. The minimum atomic E-state index is 0.313. The molecule has 0 bridgehead atoms. The maximum atomic E-state index is 5.53. The van der Waals surface area contributed by atoms with Gasteiger partial charge in [0, 0.05) is 19.1 Å². The number of nitrogens with one attached hydrogen (secondary N) is 1. The van der Waals surface area contributed by atoms with Gasteiger partial charge in [-0.25, -0.2) is 0 Å². The van der Waals surface area contributed by atoms with Crippen molar-refractivity contribution in [3.05, 3.63) is 23.8 Å². The van der Waals surface area contributed by atoms with E-state index >= 15 is 0 Å². The maximum Gasteiger partial charge on any atom is 0.161 e. The second kappa shape index (κ2) is 6.35. The van der Waals surface area contributed by atoms with Gasteiger partial charge in [-0.1, -0.05) is 6.07 Å². The molecule has 0 aliphatic heterocycles. The van der Waals surface area contributed by atoms with Crippen LogP contribution in [0, 0.1) is 0 Å². The molecule has 0 radical (unpaired) electrons. The van der Waals surface area contributed by atoms with Crippen LogP contribution in [0.5, 0.6) is 11.5 Å². The van der Waals surface area contributed by atoms with E-state index in [1.165, 1.54) is 0 Å². The van der Waals surface area contributed by atoms with E-state index in [-0.39, 0.29) is 0 Å². The fraction of sp³-hybridized carbons (Fsp3) is 0.500. The molecule has 0 amide bonds. The van der Waals surface area contributed by atoms with E-state index in [4.69, 9.17) is 15.2 Å². The van der Waals surface area contributed by atoms with Gasteiger partial charge in [-0.3, -0.25) is 0 Å². The average molecular weight is 224 g/mol. The van der Waals surface area contributed by atoms with Crippen LogP contribution >= 0.6 is 0 Å². The Bertz CT molecular complexity index is 329. The second-order valence-electron chi connectivity index (χ2n) is 3.71. The van der Waals surface area contributed by atoms with Gasteiger partial charge in [-0.05, 0) is 24.6 Å². The summed E-state index contributed by atoms with van der Waals surface area (Å²) in [6, 6.07) is 6.20. The summed E-state index contributed by atoms with van der Waals surface area (Å²) in [6.07, 6.45) is 0. The summed E-state index contributed by atoms with van der Waals surface area (Å²) in [5.74, 6) is 1.50. The Balaban J connectivity index is 2.67. The first-order valence-electron chi connectivity index (χ1n) is 5.35. The Morgan fingerprint density at radius 1 is 1.25 bits per heavy atom. The largest absolute Gasteiger partial charge is 0.493 e. The SMILES string of the molecule is COc1ccc(CN[C@H](C)CN)cc1OC. The monoisotopic (exact) mass is 224 g/mol. The van der Waals surface area contributed by atoms with E-state index in [1.54, 1.807) is 14.2 Å². The highest BCUT2D eigenvalue weighted by Gasteiger charge is 2.05. The lowest BCUT2D eigenvalue weighted by molar-refractivity contribution is 0.354. The maximum absolute atomic E-state index is 5.53. The summed E-state index contributed by atoms with van der Waals surface area (Å²) in [7, 11) is 3.27. The first kappa shape index (κ1) is 12.8. The lowest BCUT2D eigenvalue weighted by Crippen LogP contribution is -2.32. The summed E-state index contributed by atoms with van der Waals surface area (Å²) in [5, 5.41) is 3.32. The molecule has 1 rings (SSSR count). The van der Waals surface area contributed by atoms with Crippen LogP contribution in [0.2, 0.25) is 0 Å². The average Bonchev–Trinajstić information content (AvgIpc) is 2.35. The zero-order chi connectivity index (χ0) is 12.0. The summed E-state index contributed by atoms with van der Waals surface area (Å²) >= 11 is 0. The third-order valence-electron chi connectivity index (χ3n) is 2.46. The van der Waals surface area contributed by atoms with Crippen molar-refractivity contribution in [1.29, 1.82) is 0 Å². The van der Waals surface area contributed by atoms with Gasteiger partial charge in [0.2, 0.25) is 0 Å². The topological polar surface area (TPSA) is 56.5 Å². The zero-order valence-corrected chi connectivity index (χ0v) is 10.1. The normalized spacial score (nSPS) is 12.2. The lowest BCUT2D eigenvalue weighted by Gasteiger charge is -2.13. The van der Waals surface area contributed by atoms with Gasteiger partial charge >= 0.3 is 0 Å². The smallest absolute Gasteiger partial charge is 0.161 e. The molecule has 1 atom stereocenters. The van der Waals surface area contributed by atoms with Gasteiger partial charge in [0.1, 0.15) is 0 Å². The number of hydrogen-bond acceptors (Lipinski definition) is 4. The Hall–Kier alpha value is -1.26. The van der Waals surface area contributed by atoms with Crippen LogP contribution in [0.25, 0.3) is 0 Å². The predicted octanol–water partition coefficient (Wildman–Crippen LogP) is 1.14. The molecule has 1 aromatic carbocycles. The fourth-order valence-corrected chi connectivity index (χ4v) is 1.37. The minimum Gasteiger partial charge on any atom is -0.493 e. The van der Waals surface area contributed by atoms with Crippen LogP contribution in [0.3, 0.4) is 0 Å². The molecule has 3 N–H and O–H groups in total. The molecule has 90 valence electrons. The molecule has 1 aromatic rings. The summed E-state index contributed by atoms with van der Waals surface area (Å²) < 4.78 is 10.4. The van der Waals surface area contributed by atoms with E-state index in [0.29, 0.717) is 12.6 Å². The third kappa shape index (κ3) is 3.40. The number of methoxy groups -OCH3 is 2. The first-order valence-corrected chi connectivity index (χ1v) is 5.35. The first-order chi connectivity index (χ1) is 7.71. The highest BCUT2D eigenvalue weighted by Crippen LogP contribution is 2.27.